The van der Waals surface area contributed by atoms with Crippen LogP contribution in [0, 0.1) is 0 Å². The summed E-state index contributed by atoms with van der Waals surface area (Å²) in [6.45, 7) is 1.09. The molecule has 0 aliphatic heterocycles. The van der Waals surface area contributed by atoms with Gasteiger partial charge in [-0.2, -0.15) is 0 Å². The Morgan fingerprint density at radius 1 is 0.935 bits per heavy atom. The van der Waals surface area contributed by atoms with Gasteiger partial charge in [0.25, 0.3) is 0 Å². The van der Waals surface area contributed by atoms with Gasteiger partial charge in [0.1, 0.15) is 11.4 Å². The van der Waals surface area contributed by atoms with Crippen molar-refractivity contribution in [1.82, 2.24) is 19.6 Å². The van der Waals surface area contributed by atoms with E-state index < -0.39 is 0 Å². The smallest absolute Gasteiger partial charge is 0.197 e. The van der Waals surface area contributed by atoms with E-state index in [9.17, 15) is 4.79 Å². The summed E-state index contributed by atoms with van der Waals surface area (Å²) in [4.78, 5) is 13.1. The van der Waals surface area contributed by atoms with Gasteiger partial charge in [0, 0.05) is 15.8 Å². The average Bonchev–Trinajstić information content (AvgIpc) is 3.24. The van der Waals surface area contributed by atoms with E-state index in [2.05, 4.69) is 14.9 Å². The topological polar surface area (TPSA) is 61.9 Å². The number of aromatic nitrogens is 4. The minimum absolute atomic E-state index is 0.00728. The minimum Gasteiger partial charge on any atom is -0.497 e. The zero-order valence-corrected chi connectivity index (χ0v) is 17.6. The predicted octanol–water partition coefficient (Wildman–Crippen LogP) is 4.50. The maximum atomic E-state index is 13.1. The number of benzene rings is 3. The monoisotopic (exact) mass is 430 g/mol. The molecule has 2 heterocycles. The van der Waals surface area contributed by atoms with Crippen molar-refractivity contribution in [1.29, 1.82) is 0 Å². The highest BCUT2D eigenvalue weighted by Gasteiger charge is 2.13. The first kappa shape index (κ1) is 19.3. The van der Waals surface area contributed by atoms with Gasteiger partial charge in [-0.25, -0.2) is 4.68 Å². The molecule has 0 N–H and O–H groups in total. The molecule has 154 valence electrons. The molecular weight excluding hydrogens is 412 g/mol. The minimum atomic E-state index is -0.00728. The van der Waals surface area contributed by atoms with E-state index in [0.717, 1.165) is 22.3 Å². The fraction of sp³-hybridized carbons (Fsp3) is 0.125. The molecule has 31 heavy (non-hydrogen) atoms. The van der Waals surface area contributed by atoms with Gasteiger partial charge >= 0.3 is 0 Å². The molecule has 2 aromatic heterocycles. The molecule has 0 aliphatic carbocycles. The number of fused-ring (bicyclic) bond motifs is 2. The highest BCUT2D eigenvalue weighted by atomic mass is 35.5. The Labute approximate surface area is 183 Å². The lowest BCUT2D eigenvalue weighted by Gasteiger charge is -2.14. The number of para-hydroxylation sites is 1. The molecule has 0 fully saturated rings. The number of nitrogens with zero attached hydrogens (tertiary/aromatic N) is 4. The molecular formula is C24H19ClN4O2. The lowest BCUT2D eigenvalue weighted by atomic mass is 10.1. The van der Waals surface area contributed by atoms with Gasteiger partial charge in [-0.15, -0.1) is 5.10 Å². The zero-order chi connectivity index (χ0) is 21.4. The van der Waals surface area contributed by atoms with E-state index >= 15 is 0 Å². The molecule has 0 spiro atoms. The molecule has 0 unspecified atom stereocenters. The van der Waals surface area contributed by atoms with Crippen LogP contribution in [0.15, 0.2) is 77.7 Å². The van der Waals surface area contributed by atoms with Crippen LogP contribution in [0.2, 0.25) is 5.02 Å². The van der Waals surface area contributed by atoms with Crippen LogP contribution in [0.1, 0.15) is 11.3 Å². The van der Waals surface area contributed by atoms with Crippen LogP contribution >= 0.6 is 11.6 Å². The molecule has 6 nitrogen and oxygen atoms in total. The highest BCUT2D eigenvalue weighted by Crippen LogP contribution is 2.24. The largest absolute Gasteiger partial charge is 0.497 e. The van der Waals surface area contributed by atoms with E-state index in [1.54, 1.807) is 17.9 Å². The van der Waals surface area contributed by atoms with Gasteiger partial charge in [0.2, 0.25) is 0 Å². The van der Waals surface area contributed by atoms with Crippen molar-refractivity contribution in [3.05, 3.63) is 99.4 Å². The first-order valence-electron chi connectivity index (χ1n) is 9.85. The molecule has 5 aromatic rings. The number of hydrogen-bond acceptors (Lipinski definition) is 4. The number of methoxy groups -OCH3 is 1. The standard InChI is InChI=1S/C24H19ClN4O2/c1-31-19-10-11-23-21(12-19)24(30)20-4-2-3-5-22(20)29(23)15-18-14-28(27-26-18)13-16-6-8-17(25)9-7-16/h2-12,14H,13,15H2,1H3. The van der Waals surface area contributed by atoms with Crippen LogP contribution in [0.4, 0.5) is 0 Å². The molecule has 0 bridgehead atoms. The summed E-state index contributed by atoms with van der Waals surface area (Å²) in [6, 6.07) is 20.9. The van der Waals surface area contributed by atoms with Crippen molar-refractivity contribution in [3.63, 3.8) is 0 Å². The number of ether oxygens (including phenoxy) is 1. The van der Waals surface area contributed by atoms with E-state index in [1.807, 2.05) is 66.9 Å². The summed E-state index contributed by atoms with van der Waals surface area (Å²) in [6.07, 6.45) is 1.93. The van der Waals surface area contributed by atoms with Crippen LogP contribution in [0.3, 0.4) is 0 Å². The molecule has 5 rings (SSSR count). The van der Waals surface area contributed by atoms with Gasteiger partial charge in [-0.05, 0) is 48.0 Å². The lowest BCUT2D eigenvalue weighted by molar-refractivity contribution is 0.415. The second kappa shape index (κ2) is 7.89. The van der Waals surface area contributed by atoms with Crippen molar-refractivity contribution in [2.75, 3.05) is 7.11 Å². The number of halogens is 1. The first-order chi connectivity index (χ1) is 15.1. The summed E-state index contributed by atoms with van der Waals surface area (Å²) in [5, 5.41) is 10.6. The molecule has 0 radical (unpaired) electrons. The van der Waals surface area contributed by atoms with Gasteiger partial charge in [-0.3, -0.25) is 4.79 Å². The van der Waals surface area contributed by atoms with Crippen molar-refractivity contribution < 1.29 is 4.74 Å². The molecule has 0 saturated carbocycles. The summed E-state index contributed by atoms with van der Waals surface area (Å²) in [5.41, 5.74) is 3.58. The molecule has 0 atom stereocenters. The Bertz CT molecular complexity index is 1450. The molecule has 7 heteroatoms. The number of rotatable bonds is 5. The van der Waals surface area contributed by atoms with Crippen LogP contribution in [0.5, 0.6) is 5.75 Å². The van der Waals surface area contributed by atoms with E-state index in [-0.39, 0.29) is 5.43 Å². The third-order valence-corrected chi connectivity index (χ3v) is 5.59. The maximum Gasteiger partial charge on any atom is 0.197 e. The maximum absolute atomic E-state index is 13.1. The fourth-order valence-corrected chi connectivity index (χ4v) is 3.96. The Morgan fingerprint density at radius 2 is 1.71 bits per heavy atom. The van der Waals surface area contributed by atoms with Crippen LogP contribution < -0.4 is 10.2 Å². The summed E-state index contributed by atoms with van der Waals surface area (Å²) < 4.78 is 9.23. The SMILES string of the molecule is COc1ccc2c(c1)c(=O)c1ccccc1n2Cc1cn(Cc2ccc(Cl)cc2)nn1. The zero-order valence-electron chi connectivity index (χ0n) is 16.8. The lowest BCUT2D eigenvalue weighted by Crippen LogP contribution is -2.12. The number of pyridine rings is 1. The first-order valence-corrected chi connectivity index (χ1v) is 10.2. The summed E-state index contributed by atoms with van der Waals surface area (Å²) in [7, 11) is 1.60. The average molecular weight is 431 g/mol. The van der Waals surface area contributed by atoms with Gasteiger partial charge in [0.15, 0.2) is 5.43 Å². The highest BCUT2D eigenvalue weighted by molar-refractivity contribution is 6.30. The van der Waals surface area contributed by atoms with E-state index in [1.165, 1.54) is 0 Å². The summed E-state index contributed by atoms with van der Waals surface area (Å²) in [5.74, 6) is 0.653. The quantitative estimate of drug-likeness (QED) is 0.385. The second-order valence-electron chi connectivity index (χ2n) is 7.35. The third-order valence-electron chi connectivity index (χ3n) is 5.34. The molecule has 0 saturated heterocycles. The predicted molar refractivity (Wildman–Crippen MR) is 122 cm³/mol. The third kappa shape index (κ3) is 3.66. The summed E-state index contributed by atoms with van der Waals surface area (Å²) >= 11 is 5.97. The van der Waals surface area contributed by atoms with Crippen molar-refractivity contribution in [2.24, 2.45) is 0 Å². The Kier molecular flexibility index (Phi) is 4.92. The Balaban J connectivity index is 1.57. The van der Waals surface area contributed by atoms with Crippen molar-refractivity contribution in [2.45, 2.75) is 13.1 Å². The molecule has 0 amide bonds. The molecule has 3 aromatic carbocycles. The van der Waals surface area contributed by atoms with E-state index in [4.69, 9.17) is 16.3 Å². The second-order valence-corrected chi connectivity index (χ2v) is 7.79. The number of hydrogen-bond donors (Lipinski definition) is 0. The van der Waals surface area contributed by atoms with Gasteiger partial charge < -0.3 is 9.30 Å². The van der Waals surface area contributed by atoms with Crippen LogP contribution in [-0.2, 0) is 13.1 Å². The van der Waals surface area contributed by atoms with E-state index in [0.29, 0.717) is 34.6 Å². The Morgan fingerprint density at radius 3 is 2.52 bits per heavy atom. The normalized spacial score (nSPS) is 11.3. The van der Waals surface area contributed by atoms with Gasteiger partial charge in [-0.1, -0.05) is 41.1 Å². The van der Waals surface area contributed by atoms with Gasteiger partial charge in [0.05, 0.1) is 37.4 Å². The van der Waals surface area contributed by atoms with Crippen molar-refractivity contribution in [3.8, 4) is 5.75 Å². The van der Waals surface area contributed by atoms with Crippen molar-refractivity contribution >= 4 is 33.4 Å². The fourth-order valence-electron chi connectivity index (χ4n) is 3.83. The Hall–Kier alpha value is -3.64. The van der Waals surface area contributed by atoms with Crippen LogP contribution in [0.25, 0.3) is 21.8 Å². The van der Waals surface area contributed by atoms with Crippen LogP contribution in [-0.4, -0.2) is 26.7 Å². The molecule has 0 aliphatic rings.